The van der Waals surface area contributed by atoms with Gasteiger partial charge in [0.25, 0.3) is 0 Å². The van der Waals surface area contributed by atoms with E-state index in [0.29, 0.717) is 29.2 Å². The maximum Gasteiger partial charge on any atom is 0.459 e. The summed E-state index contributed by atoms with van der Waals surface area (Å²) in [4.78, 5) is 25.2. The van der Waals surface area contributed by atoms with Crippen molar-refractivity contribution in [2.75, 3.05) is 24.7 Å². The molecule has 0 fully saturated rings. The minimum atomic E-state index is -4.02. The van der Waals surface area contributed by atoms with Crippen LogP contribution >= 0.6 is 7.75 Å². The maximum atomic E-state index is 13.7. The van der Waals surface area contributed by atoms with Crippen LogP contribution < -0.4 is 20.7 Å². The van der Waals surface area contributed by atoms with Gasteiger partial charge in [-0.1, -0.05) is 25.1 Å². The summed E-state index contributed by atoms with van der Waals surface area (Å²) in [5.41, 5.74) is 6.91. The summed E-state index contributed by atoms with van der Waals surface area (Å²) in [5, 5.41) is 5.63. The molecule has 0 radical (unpaired) electrons. The standard InChI is InChI=1S/C24H36N7O6P/c1-7-18(36-17(5)31-14-27-20-21(26-6)28-24(25)29-22(20)31)13-34-38(33,37-19-11-9-8-10-12-19)30-16(4)23(32)35-15(2)3/h8-12,14-18H,7,13H2,1-6H3,(H,30,33)(H3,25,26,28,29)/t16-,17+,18-,38-/m0/s1. The molecule has 0 spiro atoms. The Morgan fingerprint density at radius 2 is 1.87 bits per heavy atom. The summed E-state index contributed by atoms with van der Waals surface area (Å²) in [5.74, 6) is 0.342. The second-order valence-electron chi connectivity index (χ2n) is 8.80. The number of fused-ring (bicyclic) bond motifs is 1. The number of anilines is 2. The van der Waals surface area contributed by atoms with Crippen molar-refractivity contribution >= 4 is 36.6 Å². The van der Waals surface area contributed by atoms with E-state index in [0.717, 1.165) is 0 Å². The molecule has 0 aliphatic carbocycles. The molecule has 208 valence electrons. The fourth-order valence-electron chi connectivity index (χ4n) is 3.49. The number of hydrogen-bond donors (Lipinski definition) is 3. The zero-order valence-corrected chi connectivity index (χ0v) is 23.3. The number of nitrogens with zero attached hydrogens (tertiary/aromatic N) is 4. The van der Waals surface area contributed by atoms with Gasteiger partial charge in [-0.15, -0.1) is 0 Å². The van der Waals surface area contributed by atoms with E-state index >= 15 is 0 Å². The summed E-state index contributed by atoms with van der Waals surface area (Å²) in [7, 11) is -2.30. The van der Waals surface area contributed by atoms with Crippen molar-refractivity contribution in [3.05, 3.63) is 36.7 Å². The average molecular weight is 550 g/mol. The van der Waals surface area contributed by atoms with Gasteiger partial charge in [-0.2, -0.15) is 15.1 Å². The van der Waals surface area contributed by atoms with Crippen LogP contribution in [0.4, 0.5) is 11.8 Å². The van der Waals surface area contributed by atoms with Crippen molar-refractivity contribution < 1.29 is 27.9 Å². The number of nitrogens with two attached hydrogens (primary N) is 1. The van der Waals surface area contributed by atoms with Crippen LogP contribution in [0.25, 0.3) is 11.2 Å². The molecule has 2 heterocycles. The first-order chi connectivity index (χ1) is 18.0. The van der Waals surface area contributed by atoms with E-state index in [-0.39, 0.29) is 18.7 Å². The summed E-state index contributed by atoms with van der Waals surface area (Å²) >= 11 is 0. The van der Waals surface area contributed by atoms with Gasteiger partial charge in [0.15, 0.2) is 17.0 Å². The Labute approximate surface area is 222 Å². The van der Waals surface area contributed by atoms with Crippen LogP contribution in [0.1, 0.15) is 47.3 Å². The lowest BCUT2D eigenvalue weighted by atomic mass is 10.3. The van der Waals surface area contributed by atoms with E-state index in [9.17, 15) is 9.36 Å². The Balaban J connectivity index is 1.74. The SMILES string of the molecule is CC[C@@H](CO[P@@](=O)(N[C@@H](C)C(=O)OC(C)C)Oc1ccccc1)O[C@H](C)n1cnc2c(NC)nc(N)nc21. The number of hydrogen-bond acceptors (Lipinski definition) is 11. The number of ether oxygens (including phenoxy) is 2. The number of para-hydroxylation sites is 1. The lowest BCUT2D eigenvalue weighted by Crippen LogP contribution is -2.37. The van der Waals surface area contributed by atoms with Gasteiger partial charge in [-0.3, -0.25) is 13.9 Å². The Kier molecular flexibility index (Phi) is 10.0. The molecule has 4 N–H and O–H groups in total. The van der Waals surface area contributed by atoms with Gasteiger partial charge in [-0.05, 0) is 46.2 Å². The number of carbonyl (C=O) groups is 1. The second kappa shape index (κ2) is 13.0. The molecule has 4 atom stereocenters. The van der Waals surface area contributed by atoms with E-state index in [1.807, 2.05) is 13.8 Å². The number of esters is 1. The third kappa shape index (κ3) is 7.64. The van der Waals surface area contributed by atoms with Crippen molar-refractivity contribution in [1.29, 1.82) is 0 Å². The molecule has 0 bridgehead atoms. The number of nitrogen functional groups attached to an aromatic ring is 1. The molecule has 0 unspecified atom stereocenters. The highest BCUT2D eigenvalue weighted by Gasteiger charge is 2.33. The van der Waals surface area contributed by atoms with Crippen molar-refractivity contribution in [3.8, 4) is 5.75 Å². The minimum absolute atomic E-state index is 0.0879. The first-order valence-electron chi connectivity index (χ1n) is 12.4. The highest BCUT2D eigenvalue weighted by Crippen LogP contribution is 2.45. The average Bonchev–Trinajstić information content (AvgIpc) is 3.30. The van der Waals surface area contributed by atoms with Crippen LogP contribution in [0.2, 0.25) is 0 Å². The highest BCUT2D eigenvalue weighted by molar-refractivity contribution is 7.52. The summed E-state index contributed by atoms with van der Waals surface area (Å²) in [6, 6.07) is 7.61. The fourth-order valence-corrected chi connectivity index (χ4v) is 5.01. The van der Waals surface area contributed by atoms with Crippen molar-refractivity contribution in [3.63, 3.8) is 0 Å². The Morgan fingerprint density at radius 1 is 1.16 bits per heavy atom. The summed E-state index contributed by atoms with van der Waals surface area (Å²) in [6.07, 6.45) is 0.787. The van der Waals surface area contributed by atoms with Gasteiger partial charge in [0, 0.05) is 7.05 Å². The minimum Gasteiger partial charge on any atom is -0.462 e. The molecule has 0 saturated carbocycles. The molecule has 3 rings (SSSR count). The zero-order valence-electron chi connectivity index (χ0n) is 22.5. The normalized spacial score (nSPS) is 15.6. The Morgan fingerprint density at radius 3 is 2.50 bits per heavy atom. The monoisotopic (exact) mass is 549 g/mol. The summed E-state index contributed by atoms with van der Waals surface area (Å²) in [6.45, 7) is 8.63. The molecular formula is C24H36N7O6P. The lowest BCUT2D eigenvalue weighted by Gasteiger charge is -2.26. The van der Waals surface area contributed by atoms with Gasteiger partial charge in [0.05, 0.1) is 25.1 Å². The number of imidazole rings is 1. The topological polar surface area (TPSA) is 165 Å². The molecule has 0 aliphatic rings. The van der Waals surface area contributed by atoms with E-state index in [4.69, 9.17) is 24.3 Å². The van der Waals surface area contributed by atoms with Crippen LogP contribution in [0, 0.1) is 0 Å². The van der Waals surface area contributed by atoms with Crippen molar-refractivity contribution in [2.45, 2.75) is 65.5 Å². The van der Waals surface area contributed by atoms with Crippen LogP contribution in [0.15, 0.2) is 36.7 Å². The lowest BCUT2D eigenvalue weighted by molar-refractivity contribution is -0.149. The van der Waals surface area contributed by atoms with Crippen LogP contribution in [-0.4, -0.2) is 57.4 Å². The maximum absolute atomic E-state index is 13.7. The molecule has 0 aliphatic heterocycles. The molecule has 2 aromatic heterocycles. The predicted molar refractivity (Wildman–Crippen MR) is 144 cm³/mol. The van der Waals surface area contributed by atoms with Gasteiger partial charge >= 0.3 is 13.7 Å². The molecule has 14 heteroatoms. The quantitative estimate of drug-likeness (QED) is 0.196. The molecule has 0 amide bonds. The Hall–Kier alpha value is -3.25. The predicted octanol–water partition coefficient (Wildman–Crippen LogP) is 3.90. The van der Waals surface area contributed by atoms with Crippen LogP contribution in [0.3, 0.4) is 0 Å². The summed E-state index contributed by atoms with van der Waals surface area (Å²) < 4.78 is 38.3. The first-order valence-corrected chi connectivity index (χ1v) is 13.9. The molecule has 0 saturated heterocycles. The van der Waals surface area contributed by atoms with E-state index in [1.54, 1.807) is 62.1 Å². The largest absolute Gasteiger partial charge is 0.462 e. The zero-order chi connectivity index (χ0) is 27.9. The van der Waals surface area contributed by atoms with E-state index in [2.05, 4.69) is 25.4 Å². The second-order valence-corrected chi connectivity index (χ2v) is 10.5. The van der Waals surface area contributed by atoms with E-state index < -0.39 is 32.1 Å². The molecule has 38 heavy (non-hydrogen) atoms. The van der Waals surface area contributed by atoms with E-state index in [1.165, 1.54) is 6.92 Å². The number of carbonyl (C=O) groups excluding carboxylic acids is 1. The van der Waals surface area contributed by atoms with Crippen LogP contribution in [0.5, 0.6) is 5.75 Å². The smallest absolute Gasteiger partial charge is 0.459 e. The number of aromatic nitrogens is 4. The van der Waals surface area contributed by atoms with Crippen LogP contribution in [-0.2, 0) is 23.4 Å². The molecule has 1 aromatic carbocycles. The van der Waals surface area contributed by atoms with Gasteiger partial charge < -0.3 is 25.0 Å². The van der Waals surface area contributed by atoms with Gasteiger partial charge in [-0.25, -0.2) is 9.55 Å². The van der Waals surface area contributed by atoms with Crippen molar-refractivity contribution in [1.82, 2.24) is 24.6 Å². The molecule has 3 aromatic rings. The third-order valence-electron chi connectivity index (χ3n) is 5.37. The number of rotatable bonds is 14. The highest BCUT2D eigenvalue weighted by atomic mass is 31.2. The number of nitrogens with one attached hydrogen (secondary N) is 2. The van der Waals surface area contributed by atoms with Gasteiger partial charge in [0.2, 0.25) is 5.95 Å². The van der Waals surface area contributed by atoms with Gasteiger partial charge in [0.1, 0.15) is 18.0 Å². The Bertz CT molecular complexity index is 1260. The molecular weight excluding hydrogens is 513 g/mol. The number of benzene rings is 1. The first kappa shape index (κ1) is 29.3. The third-order valence-corrected chi connectivity index (χ3v) is 7.01. The fraction of sp³-hybridized carbons (Fsp3) is 0.500. The molecule has 13 nitrogen and oxygen atoms in total. The van der Waals surface area contributed by atoms with Crippen molar-refractivity contribution in [2.24, 2.45) is 0 Å².